The van der Waals surface area contributed by atoms with Gasteiger partial charge in [0.2, 0.25) is 20.0 Å². The minimum absolute atomic E-state index is 0.0172. The topological polar surface area (TPSA) is 218 Å². The van der Waals surface area contributed by atoms with Gasteiger partial charge in [0.1, 0.15) is 29.3 Å². The summed E-state index contributed by atoms with van der Waals surface area (Å²) < 4.78 is 65.2. The van der Waals surface area contributed by atoms with Crippen molar-refractivity contribution < 1.29 is 46.3 Å². The largest absolute Gasteiger partial charge is 0.497 e. The molecular weight excluding hydrogens is 773 g/mol. The SMILES string of the molecule is CC1(C)SCCN(S(=O)(=O)c2ccc(Oc3ccncc3)cc2)[C@@H]1C(=O)NO.COc1ccc(S(=O)(=O)N(Cc2cccnc2)[C@@H](C(=O)NO)C(C)C)cc1. The number of carbonyl (C=O) groups excluding carboxylic acids is 2. The van der Waals surface area contributed by atoms with Gasteiger partial charge in [-0.15, -0.1) is 0 Å². The molecule has 0 bridgehead atoms. The Morgan fingerprint density at radius 3 is 2.04 bits per heavy atom. The van der Waals surface area contributed by atoms with E-state index in [4.69, 9.17) is 19.9 Å². The van der Waals surface area contributed by atoms with Crippen LogP contribution in [0.4, 0.5) is 0 Å². The van der Waals surface area contributed by atoms with E-state index in [1.165, 1.54) is 61.5 Å². The van der Waals surface area contributed by atoms with Crippen molar-refractivity contribution in [3.63, 3.8) is 0 Å². The Morgan fingerprint density at radius 2 is 1.49 bits per heavy atom. The second-order valence-electron chi connectivity index (χ2n) is 13.0. The van der Waals surface area contributed by atoms with Crippen LogP contribution in [0.2, 0.25) is 0 Å². The van der Waals surface area contributed by atoms with Crippen molar-refractivity contribution in [3.05, 3.63) is 103 Å². The zero-order chi connectivity index (χ0) is 40.4. The fourth-order valence-corrected chi connectivity index (χ4v) is 10.6. The minimum Gasteiger partial charge on any atom is -0.497 e. The van der Waals surface area contributed by atoms with Crippen LogP contribution < -0.4 is 20.4 Å². The molecule has 0 radical (unpaired) electrons. The Labute approximate surface area is 324 Å². The maximum atomic E-state index is 13.3. The van der Waals surface area contributed by atoms with Gasteiger partial charge in [-0.05, 0) is 92.1 Å². The van der Waals surface area contributed by atoms with Crippen LogP contribution in [0.1, 0.15) is 33.3 Å². The molecule has 2 amide bonds. The van der Waals surface area contributed by atoms with E-state index in [2.05, 4.69) is 9.97 Å². The van der Waals surface area contributed by atoms with Crippen LogP contribution in [-0.2, 0) is 36.2 Å². The number of hydrogen-bond acceptors (Lipinski definition) is 13. The summed E-state index contributed by atoms with van der Waals surface area (Å²) in [5, 5.41) is 18.2. The summed E-state index contributed by atoms with van der Waals surface area (Å²) >= 11 is 1.49. The highest BCUT2D eigenvalue weighted by molar-refractivity contribution is 8.01. The highest BCUT2D eigenvalue weighted by Gasteiger charge is 2.48. The molecule has 1 saturated heterocycles. The summed E-state index contributed by atoms with van der Waals surface area (Å²) in [6.07, 6.45) is 6.30. The van der Waals surface area contributed by atoms with E-state index < -0.39 is 48.7 Å². The molecule has 55 heavy (non-hydrogen) atoms. The molecule has 5 rings (SSSR count). The molecule has 4 aromatic rings. The van der Waals surface area contributed by atoms with Crippen LogP contribution in [0.3, 0.4) is 0 Å². The van der Waals surface area contributed by atoms with Gasteiger partial charge >= 0.3 is 0 Å². The molecule has 0 spiro atoms. The first-order chi connectivity index (χ1) is 26.1. The Kier molecular flexibility index (Phi) is 14.7. The molecule has 0 saturated carbocycles. The molecule has 1 fully saturated rings. The number of ether oxygens (including phenoxy) is 2. The number of carbonyl (C=O) groups is 2. The first-order valence-corrected chi connectivity index (χ1v) is 20.7. The second kappa shape index (κ2) is 18.8. The van der Waals surface area contributed by atoms with Crippen LogP contribution in [0.15, 0.2) is 107 Å². The maximum absolute atomic E-state index is 13.3. The van der Waals surface area contributed by atoms with E-state index in [1.54, 1.807) is 93.6 Å². The monoisotopic (exact) mass is 816 g/mol. The molecule has 2 aromatic carbocycles. The third kappa shape index (κ3) is 10.6. The zero-order valence-corrected chi connectivity index (χ0v) is 33.2. The lowest BCUT2D eigenvalue weighted by molar-refractivity contribution is -0.135. The van der Waals surface area contributed by atoms with E-state index in [0.29, 0.717) is 28.6 Å². The van der Waals surface area contributed by atoms with Crippen molar-refractivity contribution in [1.82, 2.24) is 29.5 Å². The van der Waals surface area contributed by atoms with Crippen LogP contribution in [-0.4, -0.2) is 93.9 Å². The number of hydroxylamine groups is 2. The predicted octanol–water partition coefficient (Wildman–Crippen LogP) is 4.08. The average molecular weight is 817 g/mol. The van der Waals surface area contributed by atoms with E-state index in [0.717, 1.165) is 8.61 Å². The molecule has 0 aliphatic carbocycles. The van der Waals surface area contributed by atoms with Crippen molar-refractivity contribution in [2.24, 2.45) is 5.92 Å². The summed E-state index contributed by atoms with van der Waals surface area (Å²) in [7, 11) is -6.51. The lowest BCUT2D eigenvalue weighted by Crippen LogP contribution is -2.61. The van der Waals surface area contributed by atoms with Gasteiger partial charge in [0.15, 0.2) is 0 Å². The summed E-state index contributed by atoms with van der Waals surface area (Å²) in [6.45, 7) is 7.08. The Balaban J connectivity index is 0.000000245. The van der Waals surface area contributed by atoms with Crippen LogP contribution in [0.5, 0.6) is 17.2 Å². The van der Waals surface area contributed by atoms with E-state index in [1.807, 2.05) is 0 Å². The van der Waals surface area contributed by atoms with E-state index in [9.17, 15) is 26.4 Å². The number of sulfonamides is 2. The third-order valence-electron chi connectivity index (χ3n) is 8.45. The van der Waals surface area contributed by atoms with Crippen molar-refractivity contribution in [2.45, 2.75) is 60.9 Å². The summed E-state index contributed by atoms with van der Waals surface area (Å²) in [4.78, 5) is 32.5. The number of nitrogens with zero attached hydrogens (tertiary/aromatic N) is 4. The number of benzene rings is 2. The molecular formula is C36H44N6O10S3. The normalized spacial score (nSPS) is 16.3. The highest BCUT2D eigenvalue weighted by atomic mass is 32.2. The lowest BCUT2D eigenvalue weighted by Gasteiger charge is -2.43. The predicted molar refractivity (Wildman–Crippen MR) is 203 cm³/mol. The highest BCUT2D eigenvalue weighted by Crippen LogP contribution is 2.38. The van der Waals surface area contributed by atoms with Gasteiger partial charge in [-0.25, -0.2) is 27.8 Å². The number of methoxy groups -OCH3 is 1. The summed E-state index contributed by atoms with van der Waals surface area (Å²) in [5.41, 5.74) is 3.79. The number of aromatic nitrogens is 2. The smallest absolute Gasteiger partial charge is 0.263 e. The lowest BCUT2D eigenvalue weighted by atomic mass is 10.0. The molecule has 2 aromatic heterocycles. The summed E-state index contributed by atoms with van der Waals surface area (Å²) in [6, 6.07) is 16.5. The van der Waals surface area contributed by atoms with Crippen molar-refractivity contribution in [3.8, 4) is 17.2 Å². The number of nitrogens with one attached hydrogen (secondary N) is 2. The molecule has 1 aliphatic heterocycles. The number of hydrogen-bond donors (Lipinski definition) is 4. The van der Waals surface area contributed by atoms with Crippen LogP contribution >= 0.6 is 11.8 Å². The van der Waals surface area contributed by atoms with Crippen molar-refractivity contribution in [1.29, 1.82) is 0 Å². The van der Waals surface area contributed by atoms with Gasteiger partial charge < -0.3 is 9.47 Å². The van der Waals surface area contributed by atoms with E-state index in [-0.39, 0.29) is 28.8 Å². The molecule has 2 atom stereocenters. The summed E-state index contributed by atoms with van der Waals surface area (Å²) in [5.74, 6) is 0.182. The first-order valence-electron chi connectivity index (χ1n) is 16.8. The van der Waals surface area contributed by atoms with Gasteiger partial charge in [-0.3, -0.25) is 30.0 Å². The Morgan fingerprint density at radius 1 is 0.891 bits per heavy atom. The first kappa shape index (κ1) is 43.1. The maximum Gasteiger partial charge on any atom is 0.263 e. The molecule has 19 heteroatoms. The van der Waals surface area contributed by atoms with E-state index >= 15 is 0 Å². The molecule has 0 unspecified atom stereocenters. The van der Waals surface area contributed by atoms with Crippen LogP contribution in [0, 0.1) is 5.92 Å². The number of amides is 2. The van der Waals surface area contributed by atoms with Crippen molar-refractivity contribution >= 4 is 43.6 Å². The van der Waals surface area contributed by atoms with Gasteiger partial charge in [0.25, 0.3) is 11.8 Å². The molecule has 16 nitrogen and oxygen atoms in total. The fourth-order valence-electron chi connectivity index (χ4n) is 5.80. The fraction of sp³-hybridized carbons (Fsp3) is 0.333. The van der Waals surface area contributed by atoms with Crippen LogP contribution in [0.25, 0.3) is 0 Å². The number of pyridine rings is 2. The van der Waals surface area contributed by atoms with Gasteiger partial charge in [0.05, 0.1) is 16.9 Å². The number of rotatable bonds is 13. The Hall–Kier alpha value is -4.63. The zero-order valence-electron chi connectivity index (χ0n) is 30.8. The molecule has 1 aliphatic rings. The molecule has 3 heterocycles. The standard InChI is InChI=1S/C18H21N3O5S2.C18H23N3O5S/c1-18(2)16(17(22)20-23)21(11-12-27-18)28(24,25)15-5-3-13(4-6-15)26-14-7-9-19-10-8-14;1-13(2)17(18(22)20-23)21(12-14-5-4-10-19-11-14)27(24,25)16-8-6-15(26-3)7-9-16/h3-10,16,23H,11-12H2,1-2H3,(H,20,22);4-11,13,17,23H,12H2,1-3H3,(H,20,22)/t16-;17-/m11/s1. The van der Waals surface area contributed by atoms with Gasteiger partial charge in [-0.2, -0.15) is 20.4 Å². The molecule has 4 N–H and O–H groups in total. The quantitative estimate of drug-likeness (QED) is 0.111. The average Bonchev–Trinajstić information content (AvgIpc) is 3.18. The number of thioether (sulfide) groups is 1. The minimum atomic E-state index is -4.05. The van der Waals surface area contributed by atoms with Crippen molar-refractivity contribution in [2.75, 3.05) is 19.4 Å². The second-order valence-corrected chi connectivity index (χ2v) is 18.5. The third-order valence-corrected chi connectivity index (χ3v) is 13.5. The van der Waals surface area contributed by atoms with Gasteiger partial charge in [-0.1, -0.05) is 19.9 Å². The molecule has 296 valence electrons. The van der Waals surface area contributed by atoms with Gasteiger partial charge in [0, 0.05) is 48.4 Å². The Bertz CT molecular complexity index is 2090.